The Morgan fingerprint density at radius 1 is 1.47 bits per heavy atom. The lowest BCUT2D eigenvalue weighted by Gasteiger charge is -2.15. The lowest BCUT2D eigenvalue weighted by molar-refractivity contribution is -0.120. The van der Waals surface area contributed by atoms with E-state index in [-0.39, 0.29) is 11.9 Å². The number of hydrogen-bond donors (Lipinski definition) is 2. The third kappa shape index (κ3) is 2.94. The van der Waals surface area contributed by atoms with E-state index in [1.54, 1.807) is 6.20 Å². The van der Waals surface area contributed by atoms with Crippen LogP contribution in [0.25, 0.3) is 0 Å². The van der Waals surface area contributed by atoms with Gasteiger partial charge in [-0.15, -0.1) is 0 Å². The van der Waals surface area contributed by atoms with Crippen LogP contribution in [0.15, 0.2) is 24.4 Å². The molecule has 0 spiro atoms. The molecule has 1 aliphatic rings. The Hall–Kier alpha value is -1.58. The lowest BCUT2D eigenvalue weighted by atomic mass is 10.1. The highest BCUT2D eigenvalue weighted by atomic mass is 16.1. The van der Waals surface area contributed by atoms with Gasteiger partial charge in [-0.25, -0.2) is 4.98 Å². The molecule has 0 saturated carbocycles. The number of nitrogens with one attached hydrogen (secondary N) is 2. The first-order chi connectivity index (χ1) is 7.34. The molecule has 4 nitrogen and oxygen atoms in total. The van der Waals surface area contributed by atoms with E-state index in [1.807, 2.05) is 18.2 Å². The molecular formula is C11H15N3O. The first-order valence-electron chi connectivity index (χ1n) is 5.29. The summed E-state index contributed by atoms with van der Waals surface area (Å²) in [7, 11) is 0. The number of anilines is 1. The Morgan fingerprint density at radius 2 is 2.40 bits per heavy atom. The standard InChI is InChI=1S/C11H15N3O/c15-11-8-9(4-3-7-13-11)14-10-5-1-2-6-12-10/h1-2,5-6,9H,3-4,7-8H2,(H,12,14)(H,13,15). The third-order valence-corrected chi connectivity index (χ3v) is 2.50. The minimum Gasteiger partial charge on any atom is -0.367 e. The molecule has 1 aromatic heterocycles. The Kier molecular flexibility index (Phi) is 3.17. The zero-order valence-corrected chi connectivity index (χ0v) is 8.57. The van der Waals surface area contributed by atoms with Crippen LogP contribution in [0.4, 0.5) is 5.82 Å². The van der Waals surface area contributed by atoms with Crippen molar-refractivity contribution in [3.63, 3.8) is 0 Å². The average molecular weight is 205 g/mol. The van der Waals surface area contributed by atoms with Gasteiger partial charge in [0.05, 0.1) is 0 Å². The maximum atomic E-state index is 11.3. The van der Waals surface area contributed by atoms with Crippen molar-refractivity contribution in [2.45, 2.75) is 25.3 Å². The van der Waals surface area contributed by atoms with Gasteiger partial charge in [0.2, 0.25) is 5.91 Å². The van der Waals surface area contributed by atoms with Crippen molar-refractivity contribution in [3.05, 3.63) is 24.4 Å². The molecule has 2 N–H and O–H groups in total. The quantitative estimate of drug-likeness (QED) is 0.761. The van der Waals surface area contributed by atoms with Crippen molar-refractivity contribution in [2.75, 3.05) is 11.9 Å². The number of aromatic nitrogens is 1. The van der Waals surface area contributed by atoms with E-state index >= 15 is 0 Å². The van der Waals surface area contributed by atoms with Crippen molar-refractivity contribution in [1.29, 1.82) is 0 Å². The number of carbonyl (C=O) groups is 1. The van der Waals surface area contributed by atoms with Gasteiger partial charge in [0, 0.05) is 25.2 Å². The highest BCUT2D eigenvalue weighted by molar-refractivity contribution is 5.77. The van der Waals surface area contributed by atoms with Crippen LogP contribution in [0.2, 0.25) is 0 Å². The second kappa shape index (κ2) is 4.77. The fraction of sp³-hybridized carbons (Fsp3) is 0.455. The Bertz CT molecular complexity index is 326. The predicted molar refractivity (Wildman–Crippen MR) is 58.5 cm³/mol. The Labute approximate surface area is 89.1 Å². The number of nitrogens with zero attached hydrogens (tertiary/aromatic N) is 1. The SMILES string of the molecule is O=C1CC(Nc2ccccn2)CCCN1. The second-order valence-electron chi connectivity index (χ2n) is 3.75. The molecular weight excluding hydrogens is 190 g/mol. The molecule has 15 heavy (non-hydrogen) atoms. The van der Waals surface area contributed by atoms with Crippen LogP contribution in [0, 0.1) is 0 Å². The van der Waals surface area contributed by atoms with Crippen LogP contribution in [-0.2, 0) is 4.79 Å². The van der Waals surface area contributed by atoms with Gasteiger partial charge in [-0.05, 0) is 25.0 Å². The summed E-state index contributed by atoms with van der Waals surface area (Å²) in [6, 6.07) is 5.95. The number of amides is 1. The van der Waals surface area contributed by atoms with Crippen LogP contribution in [0.1, 0.15) is 19.3 Å². The van der Waals surface area contributed by atoms with E-state index in [1.165, 1.54) is 0 Å². The molecule has 1 aromatic rings. The first-order valence-corrected chi connectivity index (χ1v) is 5.29. The van der Waals surface area contributed by atoms with Gasteiger partial charge < -0.3 is 10.6 Å². The molecule has 1 aliphatic heterocycles. The van der Waals surface area contributed by atoms with Crippen molar-refractivity contribution < 1.29 is 4.79 Å². The molecule has 1 saturated heterocycles. The average Bonchev–Trinajstić information content (AvgIpc) is 2.44. The summed E-state index contributed by atoms with van der Waals surface area (Å²) < 4.78 is 0. The van der Waals surface area contributed by atoms with Gasteiger partial charge in [-0.3, -0.25) is 4.79 Å². The van der Waals surface area contributed by atoms with Crippen LogP contribution < -0.4 is 10.6 Å². The summed E-state index contributed by atoms with van der Waals surface area (Å²) in [5.41, 5.74) is 0. The molecule has 1 unspecified atom stereocenters. The summed E-state index contributed by atoms with van der Waals surface area (Å²) in [4.78, 5) is 15.5. The fourth-order valence-electron chi connectivity index (χ4n) is 1.75. The molecule has 4 heteroatoms. The Morgan fingerprint density at radius 3 is 3.20 bits per heavy atom. The summed E-state index contributed by atoms with van der Waals surface area (Å²) >= 11 is 0. The summed E-state index contributed by atoms with van der Waals surface area (Å²) in [6.07, 6.45) is 4.32. The van der Waals surface area contributed by atoms with E-state index in [4.69, 9.17) is 0 Å². The van der Waals surface area contributed by atoms with E-state index in [0.29, 0.717) is 6.42 Å². The molecule has 1 amide bonds. The van der Waals surface area contributed by atoms with Gasteiger partial charge >= 0.3 is 0 Å². The first kappa shape index (κ1) is 9.96. The normalized spacial score (nSPS) is 21.6. The lowest BCUT2D eigenvalue weighted by Crippen LogP contribution is -2.27. The zero-order valence-electron chi connectivity index (χ0n) is 8.57. The molecule has 0 aromatic carbocycles. The minimum atomic E-state index is 0.126. The number of hydrogen-bond acceptors (Lipinski definition) is 3. The largest absolute Gasteiger partial charge is 0.367 e. The number of carbonyl (C=O) groups excluding carboxylic acids is 1. The van der Waals surface area contributed by atoms with Crippen LogP contribution in [-0.4, -0.2) is 23.5 Å². The molecule has 1 atom stereocenters. The van der Waals surface area contributed by atoms with E-state index in [0.717, 1.165) is 25.2 Å². The van der Waals surface area contributed by atoms with E-state index < -0.39 is 0 Å². The van der Waals surface area contributed by atoms with Gasteiger partial charge in [-0.1, -0.05) is 6.07 Å². The van der Waals surface area contributed by atoms with Crippen molar-refractivity contribution in [2.24, 2.45) is 0 Å². The fourth-order valence-corrected chi connectivity index (χ4v) is 1.75. The summed E-state index contributed by atoms with van der Waals surface area (Å²) in [5, 5.41) is 6.14. The third-order valence-electron chi connectivity index (χ3n) is 2.50. The van der Waals surface area contributed by atoms with Crippen molar-refractivity contribution >= 4 is 11.7 Å². The smallest absolute Gasteiger partial charge is 0.222 e. The molecule has 0 aliphatic carbocycles. The minimum absolute atomic E-state index is 0.126. The predicted octanol–water partition coefficient (Wildman–Crippen LogP) is 1.16. The number of pyridine rings is 1. The Balaban J connectivity index is 1.96. The topological polar surface area (TPSA) is 54.0 Å². The van der Waals surface area contributed by atoms with Gasteiger partial charge in [0.1, 0.15) is 5.82 Å². The highest BCUT2D eigenvalue weighted by Gasteiger charge is 2.16. The van der Waals surface area contributed by atoms with E-state index in [9.17, 15) is 4.79 Å². The maximum Gasteiger partial charge on any atom is 0.222 e. The second-order valence-corrected chi connectivity index (χ2v) is 3.75. The maximum absolute atomic E-state index is 11.3. The molecule has 0 bridgehead atoms. The molecule has 80 valence electrons. The summed E-state index contributed by atoms with van der Waals surface area (Å²) in [5.74, 6) is 0.970. The highest BCUT2D eigenvalue weighted by Crippen LogP contribution is 2.12. The van der Waals surface area contributed by atoms with Gasteiger partial charge in [0.15, 0.2) is 0 Å². The molecule has 2 heterocycles. The van der Waals surface area contributed by atoms with E-state index in [2.05, 4.69) is 15.6 Å². The molecule has 0 radical (unpaired) electrons. The van der Waals surface area contributed by atoms with Crippen molar-refractivity contribution in [1.82, 2.24) is 10.3 Å². The monoisotopic (exact) mass is 205 g/mol. The van der Waals surface area contributed by atoms with Gasteiger partial charge in [-0.2, -0.15) is 0 Å². The van der Waals surface area contributed by atoms with Crippen LogP contribution in [0.5, 0.6) is 0 Å². The molecule has 2 rings (SSSR count). The molecule has 1 fully saturated rings. The van der Waals surface area contributed by atoms with Crippen molar-refractivity contribution in [3.8, 4) is 0 Å². The zero-order chi connectivity index (χ0) is 10.5. The summed E-state index contributed by atoms with van der Waals surface area (Å²) in [6.45, 7) is 0.791. The van der Waals surface area contributed by atoms with Gasteiger partial charge in [0.25, 0.3) is 0 Å². The van der Waals surface area contributed by atoms with Crippen LogP contribution in [0.3, 0.4) is 0 Å². The van der Waals surface area contributed by atoms with Crippen LogP contribution >= 0.6 is 0 Å². The number of rotatable bonds is 2.